The van der Waals surface area contributed by atoms with Crippen LogP contribution in [0.3, 0.4) is 0 Å². The smallest absolute Gasteiger partial charge is 0.250 e. The lowest BCUT2D eigenvalue weighted by Crippen LogP contribution is -2.22. The Hall–Kier alpha value is -1.22. The Morgan fingerprint density at radius 2 is 2.15 bits per heavy atom. The minimum absolute atomic E-state index is 0.125. The topological polar surface area (TPSA) is 84.2 Å². The lowest BCUT2D eigenvalue weighted by atomic mass is 10.4. The molecular formula is C12H17N3O3S2. The molecule has 2 rings (SSSR count). The van der Waals surface area contributed by atoms with Crippen LogP contribution in [-0.2, 0) is 23.1 Å². The highest BCUT2D eigenvalue weighted by atomic mass is 32.2. The molecule has 2 aromatic heterocycles. The van der Waals surface area contributed by atoms with E-state index in [9.17, 15) is 8.42 Å². The molecule has 110 valence electrons. The number of hydrogen-bond acceptors (Lipinski definition) is 6. The van der Waals surface area contributed by atoms with Crippen LogP contribution in [-0.4, -0.2) is 20.1 Å². The van der Waals surface area contributed by atoms with Crippen LogP contribution in [0, 0.1) is 6.92 Å². The van der Waals surface area contributed by atoms with Crippen LogP contribution >= 0.6 is 11.3 Å². The second-order valence-corrected chi connectivity index (χ2v) is 7.42. The van der Waals surface area contributed by atoms with Crippen molar-refractivity contribution in [1.29, 1.82) is 0 Å². The van der Waals surface area contributed by atoms with E-state index in [0.29, 0.717) is 22.2 Å². The molecule has 0 amide bonds. The molecular weight excluding hydrogens is 298 g/mol. The summed E-state index contributed by atoms with van der Waals surface area (Å²) in [5.41, 5.74) is 0.565. The number of thiophene rings is 1. The molecule has 0 aliphatic rings. The summed E-state index contributed by atoms with van der Waals surface area (Å²) in [6.07, 6.45) is 0. The Bertz CT molecular complexity index is 661. The molecule has 0 bridgehead atoms. The van der Waals surface area contributed by atoms with E-state index >= 15 is 0 Å². The minimum Gasteiger partial charge on any atom is -0.361 e. The van der Waals surface area contributed by atoms with Crippen molar-refractivity contribution in [3.05, 3.63) is 34.5 Å². The van der Waals surface area contributed by atoms with Crippen molar-refractivity contribution < 1.29 is 12.9 Å². The fourth-order valence-electron chi connectivity index (χ4n) is 1.59. The third-order valence-electron chi connectivity index (χ3n) is 2.57. The van der Waals surface area contributed by atoms with Crippen LogP contribution in [0.5, 0.6) is 0 Å². The molecule has 0 aliphatic carbocycles. The fraction of sp³-hybridized carbons (Fsp3) is 0.417. The molecule has 0 atom stereocenters. The van der Waals surface area contributed by atoms with Crippen LogP contribution in [0.25, 0.3) is 0 Å². The van der Waals surface area contributed by atoms with Gasteiger partial charge in [-0.1, -0.05) is 12.1 Å². The number of hydrogen-bond donors (Lipinski definition) is 2. The summed E-state index contributed by atoms with van der Waals surface area (Å²) in [4.78, 5) is 0.990. The normalized spacial score (nSPS) is 11.9. The average molecular weight is 315 g/mol. The van der Waals surface area contributed by atoms with E-state index in [1.807, 2.05) is 13.0 Å². The third-order valence-corrected chi connectivity index (χ3v) is 5.55. The lowest BCUT2D eigenvalue weighted by molar-refractivity contribution is 0.390. The summed E-state index contributed by atoms with van der Waals surface area (Å²) in [5.74, 6) is 0.656. The fourth-order valence-corrected chi connectivity index (χ4v) is 3.96. The summed E-state index contributed by atoms with van der Waals surface area (Å²) in [7, 11) is -3.49. The van der Waals surface area contributed by atoms with Crippen molar-refractivity contribution in [3.63, 3.8) is 0 Å². The van der Waals surface area contributed by atoms with E-state index in [2.05, 4.69) is 15.2 Å². The van der Waals surface area contributed by atoms with Crippen molar-refractivity contribution in [2.45, 2.75) is 31.1 Å². The summed E-state index contributed by atoms with van der Waals surface area (Å²) < 4.78 is 32.0. The highest BCUT2D eigenvalue weighted by molar-refractivity contribution is 7.91. The summed E-state index contributed by atoms with van der Waals surface area (Å²) in [6.45, 7) is 5.42. The van der Waals surface area contributed by atoms with Crippen molar-refractivity contribution in [2.75, 3.05) is 6.54 Å². The largest absolute Gasteiger partial charge is 0.361 e. The van der Waals surface area contributed by atoms with Gasteiger partial charge in [-0.25, -0.2) is 13.1 Å². The van der Waals surface area contributed by atoms with E-state index in [4.69, 9.17) is 4.52 Å². The Kier molecular flexibility index (Phi) is 4.92. The number of aromatic nitrogens is 1. The number of nitrogens with one attached hydrogen (secondary N) is 2. The van der Waals surface area contributed by atoms with E-state index in [1.54, 1.807) is 19.1 Å². The average Bonchev–Trinajstić information content (AvgIpc) is 3.03. The van der Waals surface area contributed by atoms with E-state index in [-0.39, 0.29) is 6.54 Å². The van der Waals surface area contributed by atoms with Crippen LogP contribution in [0.4, 0.5) is 0 Å². The first-order valence-electron chi connectivity index (χ1n) is 6.22. The van der Waals surface area contributed by atoms with Crippen LogP contribution < -0.4 is 10.0 Å². The highest BCUT2D eigenvalue weighted by Gasteiger charge is 2.17. The van der Waals surface area contributed by atoms with E-state index in [1.165, 1.54) is 11.3 Å². The molecule has 0 aromatic carbocycles. The number of aryl methyl sites for hydroxylation is 1. The maximum Gasteiger partial charge on any atom is 0.250 e. The second-order valence-electron chi connectivity index (χ2n) is 4.25. The molecule has 0 unspecified atom stereocenters. The van der Waals surface area contributed by atoms with Crippen LogP contribution in [0.1, 0.15) is 23.3 Å². The molecule has 2 aromatic rings. The van der Waals surface area contributed by atoms with Gasteiger partial charge in [-0.15, -0.1) is 11.3 Å². The van der Waals surface area contributed by atoms with Gasteiger partial charge in [0, 0.05) is 17.5 Å². The van der Waals surface area contributed by atoms with Gasteiger partial charge in [-0.2, -0.15) is 0 Å². The first kappa shape index (κ1) is 15.2. The van der Waals surface area contributed by atoms with Gasteiger partial charge in [-0.05, 0) is 25.6 Å². The van der Waals surface area contributed by atoms with Crippen molar-refractivity contribution in [3.8, 4) is 0 Å². The van der Waals surface area contributed by atoms with Gasteiger partial charge in [0.2, 0.25) is 10.0 Å². The van der Waals surface area contributed by atoms with E-state index in [0.717, 1.165) is 11.4 Å². The molecule has 0 fully saturated rings. The molecule has 8 heteroatoms. The molecule has 2 heterocycles. The predicted octanol–water partition coefficient (Wildman–Crippen LogP) is 1.63. The Balaban J connectivity index is 2.00. The summed E-state index contributed by atoms with van der Waals surface area (Å²) in [6, 6.07) is 5.14. The number of sulfonamides is 1. The zero-order chi connectivity index (χ0) is 14.6. The SMILES string of the molecule is CCNCc1ccc(S(=O)(=O)NCc2cc(C)on2)s1. The van der Waals surface area contributed by atoms with Crippen molar-refractivity contribution >= 4 is 21.4 Å². The second kappa shape index (κ2) is 6.49. The summed E-state index contributed by atoms with van der Waals surface area (Å²) >= 11 is 1.26. The van der Waals surface area contributed by atoms with Crippen molar-refractivity contribution in [1.82, 2.24) is 15.2 Å². The van der Waals surface area contributed by atoms with Gasteiger partial charge >= 0.3 is 0 Å². The van der Waals surface area contributed by atoms with Gasteiger partial charge in [0.05, 0.1) is 12.2 Å². The molecule has 2 N–H and O–H groups in total. The van der Waals surface area contributed by atoms with Crippen molar-refractivity contribution in [2.24, 2.45) is 0 Å². The number of nitrogens with zero attached hydrogens (tertiary/aromatic N) is 1. The van der Waals surface area contributed by atoms with Gasteiger partial charge in [0.15, 0.2) is 0 Å². The number of rotatable bonds is 7. The predicted molar refractivity (Wildman–Crippen MR) is 77.0 cm³/mol. The minimum atomic E-state index is -3.49. The Morgan fingerprint density at radius 1 is 1.35 bits per heavy atom. The molecule has 0 radical (unpaired) electrons. The Morgan fingerprint density at radius 3 is 2.80 bits per heavy atom. The van der Waals surface area contributed by atoms with E-state index < -0.39 is 10.0 Å². The van der Waals surface area contributed by atoms with Crippen LogP contribution in [0.15, 0.2) is 26.9 Å². The standard InChI is InChI=1S/C12H17N3O3S2/c1-3-13-8-11-4-5-12(19-11)20(16,17)14-7-10-6-9(2)18-15-10/h4-6,13-14H,3,7-8H2,1-2H3. The summed E-state index contributed by atoms with van der Waals surface area (Å²) in [5, 5.41) is 6.91. The first-order chi connectivity index (χ1) is 9.51. The maximum absolute atomic E-state index is 12.1. The zero-order valence-corrected chi connectivity index (χ0v) is 13.0. The quantitative estimate of drug-likeness (QED) is 0.811. The maximum atomic E-state index is 12.1. The third kappa shape index (κ3) is 3.89. The molecule has 0 aliphatic heterocycles. The highest BCUT2D eigenvalue weighted by Crippen LogP contribution is 2.21. The monoisotopic (exact) mass is 315 g/mol. The molecule has 6 nitrogen and oxygen atoms in total. The van der Waals surface area contributed by atoms with Gasteiger partial charge in [0.25, 0.3) is 0 Å². The zero-order valence-electron chi connectivity index (χ0n) is 11.3. The molecule has 20 heavy (non-hydrogen) atoms. The lowest BCUT2D eigenvalue weighted by Gasteiger charge is -2.02. The van der Waals surface area contributed by atoms with Gasteiger partial charge in [0.1, 0.15) is 9.97 Å². The molecule has 0 spiro atoms. The van der Waals surface area contributed by atoms with Gasteiger partial charge in [-0.3, -0.25) is 0 Å². The molecule has 0 saturated heterocycles. The Labute approximate surface area is 122 Å². The van der Waals surface area contributed by atoms with Crippen LogP contribution in [0.2, 0.25) is 0 Å². The molecule has 0 saturated carbocycles. The first-order valence-corrected chi connectivity index (χ1v) is 8.52. The van der Waals surface area contributed by atoms with Gasteiger partial charge < -0.3 is 9.84 Å².